The molecule has 1 aromatic heterocycles. The van der Waals surface area contributed by atoms with Gasteiger partial charge in [-0.15, -0.1) is 0 Å². The van der Waals surface area contributed by atoms with Crippen LogP contribution in [0.5, 0.6) is 0 Å². The van der Waals surface area contributed by atoms with Gasteiger partial charge in [0.1, 0.15) is 5.69 Å². The number of alkyl halides is 2. The summed E-state index contributed by atoms with van der Waals surface area (Å²) in [6, 6.07) is 0.378. The first kappa shape index (κ1) is 10.8. The molecule has 0 aliphatic rings. The number of nitrogens with one attached hydrogen (secondary N) is 1. The van der Waals surface area contributed by atoms with Gasteiger partial charge in [0, 0.05) is 6.07 Å². The van der Waals surface area contributed by atoms with Gasteiger partial charge in [-0.05, 0) is 11.6 Å². The molecule has 0 aromatic carbocycles. The minimum atomic E-state index is -3.17. The third kappa shape index (κ3) is 1.95. The maximum atomic E-state index is 13.0. The zero-order chi connectivity index (χ0) is 10.9. The van der Waals surface area contributed by atoms with Crippen LogP contribution in [0.15, 0.2) is 10.9 Å². The average molecular weight is 226 g/mol. The van der Waals surface area contributed by atoms with Crippen molar-refractivity contribution in [2.24, 2.45) is 0 Å². The molecule has 0 aliphatic heterocycles. The fraction of sp³-hybridized carbons (Fsp3) is 0.143. The highest BCUT2D eigenvalue weighted by atomic mass is 35.5. The van der Waals surface area contributed by atoms with Crippen LogP contribution in [-0.4, -0.2) is 10.2 Å². The number of hydrogen-bond acceptors (Lipinski definition) is 2. The van der Waals surface area contributed by atoms with Crippen LogP contribution >= 0.6 is 11.6 Å². The molecule has 1 heterocycles. The number of carbonyl (C=O) groups excluding carboxylic acids is 1. The van der Waals surface area contributed by atoms with Crippen molar-refractivity contribution < 1.29 is 18.0 Å². The Hall–Kier alpha value is -1.30. The molecule has 1 rings (SSSR count). The average Bonchev–Trinajstić information content (AvgIpc) is 2.07. The maximum Gasteiger partial charge on any atom is 0.271 e. The summed E-state index contributed by atoms with van der Waals surface area (Å²) in [7, 11) is 0. The van der Waals surface area contributed by atoms with Crippen molar-refractivity contribution in [3.63, 3.8) is 0 Å². The van der Waals surface area contributed by atoms with Crippen molar-refractivity contribution in [3.05, 3.63) is 33.5 Å². The van der Waals surface area contributed by atoms with Crippen molar-refractivity contribution in [2.45, 2.75) is 6.43 Å². The summed E-state index contributed by atoms with van der Waals surface area (Å²) in [6.07, 6.45) is -3.17. The smallest absolute Gasteiger partial charge is 0.271 e. The van der Waals surface area contributed by atoms with Gasteiger partial charge in [0.25, 0.3) is 11.7 Å². The van der Waals surface area contributed by atoms with Crippen LogP contribution < -0.4 is 5.56 Å². The summed E-state index contributed by atoms with van der Waals surface area (Å²) in [5.74, 6) is -1.50. The molecule has 0 amide bonds. The Labute approximate surface area is 80.5 Å². The molecule has 0 unspecified atom stereocenters. The van der Waals surface area contributed by atoms with E-state index >= 15 is 0 Å². The first-order valence-corrected chi connectivity index (χ1v) is 3.72. The molecule has 1 N–H and O–H groups in total. The van der Waals surface area contributed by atoms with Gasteiger partial charge in [0.05, 0.1) is 5.56 Å². The molecule has 0 spiro atoms. The molecule has 3 nitrogen and oxygen atoms in total. The minimum absolute atomic E-state index is 0.378. The number of pyridine rings is 1. The van der Waals surface area contributed by atoms with E-state index in [-0.39, 0.29) is 0 Å². The van der Waals surface area contributed by atoms with Gasteiger partial charge >= 0.3 is 0 Å². The molecular weight excluding hydrogens is 223 g/mol. The first-order chi connectivity index (χ1) is 6.43. The summed E-state index contributed by atoms with van der Waals surface area (Å²) in [5.41, 5.74) is -3.10. The summed E-state index contributed by atoms with van der Waals surface area (Å²) in [5, 5.41) is -1.33. The number of halogens is 4. The predicted molar refractivity (Wildman–Crippen MR) is 42.2 cm³/mol. The van der Waals surface area contributed by atoms with Crippen molar-refractivity contribution in [1.82, 2.24) is 4.98 Å². The van der Waals surface area contributed by atoms with Gasteiger partial charge in [-0.25, -0.2) is 13.2 Å². The summed E-state index contributed by atoms with van der Waals surface area (Å²) >= 11 is 4.86. The van der Waals surface area contributed by atoms with Gasteiger partial charge < -0.3 is 4.98 Å². The normalized spacial score (nSPS) is 10.6. The van der Waals surface area contributed by atoms with E-state index < -0.39 is 34.3 Å². The lowest BCUT2D eigenvalue weighted by Gasteiger charge is -2.03. The number of H-pyrrole nitrogens is 1. The minimum Gasteiger partial charge on any atom is -0.316 e. The van der Waals surface area contributed by atoms with E-state index in [4.69, 9.17) is 11.6 Å². The quantitative estimate of drug-likeness (QED) is 0.781. The van der Waals surface area contributed by atoms with E-state index in [9.17, 15) is 22.8 Å². The first-order valence-electron chi connectivity index (χ1n) is 3.34. The van der Waals surface area contributed by atoms with Crippen molar-refractivity contribution >= 4 is 16.8 Å². The molecule has 0 saturated heterocycles. The maximum absolute atomic E-state index is 13.0. The Balaban J connectivity index is 3.48. The zero-order valence-corrected chi connectivity index (χ0v) is 7.24. The zero-order valence-electron chi connectivity index (χ0n) is 6.48. The Bertz CT molecular complexity index is 429. The lowest BCUT2D eigenvalue weighted by molar-refractivity contribution is 0.107. The molecule has 7 heteroatoms. The second-order valence-electron chi connectivity index (χ2n) is 2.35. The Morgan fingerprint density at radius 2 is 2.07 bits per heavy atom. The molecule has 0 radical (unpaired) electrons. The fourth-order valence-electron chi connectivity index (χ4n) is 0.857. The van der Waals surface area contributed by atoms with Gasteiger partial charge in [-0.3, -0.25) is 9.59 Å². The van der Waals surface area contributed by atoms with Gasteiger partial charge in [0.2, 0.25) is 5.56 Å². The Morgan fingerprint density at radius 1 is 1.50 bits per heavy atom. The number of aromatic nitrogens is 1. The largest absolute Gasteiger partial charge is 0.316 e. The molecule has 14 heavy (non-hydrogen) atoms. The number of hydrogen-bond donors (Lipinski definition) is 1. The molecule has 0 fully saturated rings. The second kappa shape index (κ2) is 3.83. The molecule has 76 valence electrons. The van der Waals surface area contributed by atoms with Crippen LogP contribution in [-0.2, 0) is 0 Å². The molecule has 0 saturated carbocycles. The lowest BCUT2D eigenvalue weighted by atomic mass is 10.2. The standard InChI is InChI=1S/C7H3ClF3NO2/c8-6(14)5-4(9)2(7(10)11)1-3(13)12-5/h1,7H,(H,12,13). The number of carbonyl (C=O) groups is 1. The lowest BCUT2D eigenvalue weighted by Crippen LogP contribution is -2.15. The van der Waals surface area contributed by atoms with Crippen LogP contribution in [0.2, 0.25) is 0 Å². The van der Waals surface area contributed by atoms with Gasteiger partial charge in [0.15, 0.2) is 5.82 Å². The van der Waals surface area contributed by atoms with Crippen molar-refractivity contribution in [2.75, 3.05) is 0 Å². The van der Waals surface area contributed by atoms with Gasteiger partial charge in [-0.1, -0.05) is 0 Å². The third-order valence-corrected chi connectivity index (χ3v) is 1.63. The van der Waals surface area contributed by atoms with E-state index in [2.05, 4.69) is 0 Å². The highest BCUT2D eigenvalue weighted by Gasteiger charge is 2.20. The third-order valence-electron chi connectivity index (χ3n) is 1.44. The topological polar surface area (TPSA) is 49.9 Å². The van der Waals surface area contributed by atoms with Crippen LogP contribution in [0.25, 0.3) is 0 Å². The van der Waals surface area contributed by atoms with E-state index in [0.717, 1.165) is 0 Å². The molecule has 0 bridgehead atoms. The molecule has 0 aliphatic carbocycles. The second-order valence-corrected chi connectivity index (χ2v) is 2.70. The summed E-state index contributed by atoms with van der Waals surface area (Å²) < 4.78 is 37.2. The molecule has 1 aromatic rings. The monoisotopic (exact) mass is 225 g/mol. The molecule has 0 atom stereocenters. The SMILES string of the molecule is O=C(Cl)c1[nH]c(=O)cc(C(F)F)c1F. The van der Waals surface area contributed by atoms with Crippen molar-refractivity contribution in [1.29, 1.82) is 0 Å². The predicted octanol–water partition coefficient (Wildman–Crippen LogP) is 1.83. The van der Waals surface area contributed by atoms with Crippen LogP contribution in [0.4, 0.5) is 13.2 Å². The van der Waals surface area contributed by atoms with Crippen molar-refractivity contribution in [3.8, 4) is 0 Å². The van der Waals surface area contributed by atoms with E-state index in [0.29, 0.717) is 6.07 Å². The highest BCUT2D eigenvalue weighted by molar-refractivity contribution is 6.67. The highest BCUT2D eigenvalue weighted by Crippen LogP contribution is 2.22. The van der Waals surface area contributed by atoms with Gasteiger partial charge in [-0.2, -0.15) is 0 Å². The molecular formula is C7H3ClF3NO2. The number of rotatable bonds is 2. The van der Waals surface area contributed by atoms with E-state index in [1.165, 1.54) is 0 Å². The van der Waals surface area contributed by atoms with E-state index in [1.54, 1.807) is 4.98 Å². The summed E-state index contributed by atoms with van der Waals surface area (Å²) in [4.78, 5) is 22.9. The summed E-state index contributed by atoms with van der Waals surface area (Å²) in [6.45, 7) is 0. The van der Waals surface area contributed by atoms with E-state index in [1.807, 2.05) is 0 Å². The van der Waals surface area contributed by atoms with Crippen LogP contribution in [0.3, 0.4) is 0 Å². The Kier molecular flexibility index (Phi) is 2.95. The van der Waals surface area contributed by atoms with Crippen LogP contribution in [0, 0.1) is 5.82 Å². The Morgan fingerprint density at radius 3 is 2.50 bits per heavy atom. The number of aromatic amines is 1. The fourth-order valence-corrected chi connectivity index (χ4v) is 0.988. The van der Waals surface area contributed by atoms with Crippen LogP contribution in [0.1, 0.15) is 22.5 Å².